The zero-order chi connectivity index (χ0) is 32.3. The van der Waals surface area contributed by atoms with E-state index < -0.39 is 34.2 Å². The highest BCUT2D eigenvalue weighted by Gasteiger charge is 2.40. The standard InChI is InChI=1S/C30H34F3N7O4S/c1-18-6-7-20(24(14-26(41)42)23-8-10-40-27(19(23)2)35-36-29(40)30(31,32)33)13-21(18)15-38-17-22-16-37(3)11-12-39(22)28-25(45(38,43)44)5-4-9-34-28/h4-10,13,22,24,26,41-42H,11-12,14-17H2,1-3H3/t22?,24-/m1/s1. The maximum absolute atomic E-state index is 14.1. The van der Waals surface area contributed by atoms with Gasteiger partial charge in [-0.25, -0.2) is 13.4 Å². The molecule has 45 heavy (non-hydrogen) atoms. The number of pyridine rings is 2. The van der Waals surface area contributed by atoms with Crippen molar-refractivity contribution in [2.24, 2.45) is 0 Å². The van der Waals surface area contributed by atoms with Crippen LogP contribution in [-0.4, -0.2) is 93.0 Å². The zero-order valence-corrected chi connectivity index (χ0v) is 25.8. The number of piperazine rings is 1. The van der Waals surface area contributed by atoms with E-state index in [0.717, 1.165) is 22.1 Å². The third-order valence-electron chi connectivity index (χ3n) is 8.81. The lowest BCUT2D eigenvalue weighted by molar-refractivity contribution is -0.145. The van der Waals surface area contributed by atoms with Crippen LogP contribution in [0.1, 0.15) is 46.0 Å². The molecule has 1 aromatic carbocycles. The van der Waals surface area contributed by atoms with Crippen LogP contribution in [0, 0.1) is 13.8 Å². The summed E-state index contributed by atoms with van der Waals surface area (Å²) in [6.07, 6.45) is -3.73. The van der Waals surface area contributed by atoms with Gasteiger partial charge >= 0.3 is 6.18 Å². The van der Waals surface area contributed by atoms with Crippen molar-refractivity contribution in [3.63, 3.8) is 0 Å². The van der Waals surface area contributed by atoms with Gasteiger partial charge in [0.1, 0.15) is 10.7 Å². The monoisotopic (exact) mass is 645 g/mol. The molecule has 3 aromatic heterocycles. The number of likely N-dealkylation sites (N-methyl/N-ethyl adjacent to an activating group) is 1. The van der Waals surface area contributed by atoms with E-state index >= 15 is 0 Å². The van der Waals surface area contributed by atoms with Gasteiger partial charge in [0.15, 0.2) is 11.9 Å². The van der Waals surface area contributed by atoms with Crippen molar-refractivity contribution in [1.29, 1.82) is 0 Å². The summed E-state index contributed by atoms with van der Waals surface area (Å²) in [6.45, 7) is 5.90. The van der Waals surface area contributed by atoms with Crippen molar-refractivity contribution in [1.82, 2.24) is 28.8 Å². The number of aliphatic hydroxyl groups excluding tert-OH is 1. The van der Waals surface area contributed by atoms with E-state index in [2.05, 4.69) is 25.0 Å². The smallest absolute Gasteiger partial charge is 0.368 e. The Bertz CT molecular complexity index is 1850. The second-order valence-electron chi connectivity index (χ2n) is 11.8. The maximum Gasteiger partial charge on any atom is 0.452 e. The largest absolute Gasteiger partial charge is 0.452 e. The van der Waals surface area contributed by atoms with Crippen LogP contribution in [0.5, 0.6) is 0 Å². The molecule has 0 aliphatic carbocycles. The predicted molar refractivity (Wildman–Crippen MR) is 159 cm³/mol. The fourth-order valence-electron chi connectivity index (χ4n) is 6.46. The number of hydrogen-bond donors (Lipinski definition) is 2. The molecular formula is C30H34F3N7O4S. The average Bonchev–Trinajstić information content (AvgIpc) is 3.40. The lowest BCUT2D eigenvalue weighted by Crippen LogP contribution is -2.55. The lowest BCUT2D eigenvalue weighted by Gasteiger charge is -2.40. The summed E-state index contributed by atoms with van der Waals surface area (Å²) < 4.78 is 70.9. The van der Waals surface area contributed by atoms with Gasteiger partial charge < -0.3 is 20.0 Å². The Kier molecular flexibility index (Phi) is 8.10. The van der Waals surface area contributed by atoms with Gasteiger partial charge in [0.2, 0.25) is 15.8 Å². The molecule has 0 saturated carbocycles. The van der Waals surface area contributed by atoms with Gasteiger partial charge in [-0.3, -0.25) is 4.40 Å². The van der Waals surface area contributed by atoms with Crippen LogP contribution in [0.25, 0.3) is 5.65 Å². The number of rotatable bonds is 6. The van der Waals surface area contributed by atoms with E-state index in [-0.39, 0.29) is 36.1 Å². The lowest BCUT2D eigenvalue weighted by atomic mass is 9.85. The molecule has 2 N–H and O–H groups in total. The van der Waals surface area contributed by atoms with Gasteiger partial charge in [0.05, 0.1) is 6.04 Å². The van der Waals surface area contributed by atoms with Gasteiger partial charge in [-0.2, -0.15) is 17.5 Å². The van der Waals surface area contributed by atoms with Crippen LogP contribution in [0.15, 0.2) is 53.7 Å². The van der Waals surface area contributed by atoms with E-state index in [1.54, 1.807) is 25.3 Å². The number of hydrogen-bond acceptors (Lipinski definition) is 9. The van der Waals surface area contributed by atoms with E-state index in [4.69, 9.17) is 0 Å². The summed E-state index contributed by atoms with van der Waals surface area (Å²) >= 11 is 0. The predicted octanol–water partition coefficient (Wildman–Crippen LogP) is 2.92. The molecule has 2 aliphatic heterocycles. The molecule has 6 rings (SSSR count). The van der Waals surface area contributed by atoms with Gasteiger partial charge in [-0.1, -0.05) is 18.2 Å². The Balaban J connectivity index is 1.40. The second-order valence-corrected chi connectivity index (χ2v) is 13.7. The summed E-state index contributed by atoms with van der Waals surface area (Å²) in [5, 5.41) is 27.2. The first-order valence-corrected chi connectivity index (χ1v) is 16.0. The van der Waals surface area contributed by atoms with Crippen LogP contribution in [0.3, 0.4) is 0 Å². The number of aromatic nitrogens is 4. The second kappa shape index (κ2) is 11.6. The SMILES string of the molecule is Cc1ccc([C@@H](CC(O)O)c2ccn3c(C(F)(F)F)nnc3c2C)cc1CN1CC2CN(C)CCN2c2ncccc2S1(=O)=O. The Morgan fingerprint density at radius 3 is 2.58 bits per heavy atom. The van der Waals surface area contributed by atoms with Gasteiger partial charge in [0.25, 0.3) is 0 Å². The molecule has 0 bridgehead atoms. The van der Waals surface area contributed by atoms with Crippen molar-refractivity contribution < 1.29 is 31.8 Å². The van der Waals surface area contributed by atoms with Crippen LogP contribution in [0.4, 0.5) is 19.0 Å². The van der Waals surface area contributed by atoms with Crippen molar-refractivity contribution >= 4 is 21.5 Å². The topological polar surface area (TPSA) is 127 Å². The number of alkyl halides is 3. The number of aliphatic hydroxyl groups is 2. The van der Waals surface area contributed by atoms with Gasteiger partial charge in [-0.15, -0.1) is 10.2 Å². The fraction of sp³-hybridized carbons (Fsp3) is 0.433. The summed E-state index contributed by atoms with van der Waals surface area (Å²) in [4.78, 5) is 8.86. The molecule has 1 saturated heterocycles. The molecule has 0 amide bonds. The van der Waals surface area contributed by atoms with E-state index in [0.29, 0.717) is 35.6 Å². The third-order valence-corrected chi connectivity index (χ3v) is 10.6. The Labute approximate surface area is 258 Å². The molecule has 1 fully saturated rings. The van der Waals surface area contributed by atoms with Crippen LogP contribution < -0.4 is 4.90 Å². The molecule has 0 spiro atoms. The highest BCUT2D eigenvalue weighted by Crippen LogP contribution is 2.37. The molecule has 2 aliphatic rings. The maximum atomic E-state index is 14.1. The van der Waals surface area contributed by atoms with Crippen molar-refractivity contribution in [2.75, 3.05) is 38.1 Å². The number of fused-ring (bicyclic) bond motifs is 4. The third kappa shape index (κ3) is 5.78. The first-order valence-electron chi connectivity index (χ1n) is 14.5. The first-order chi connectivity index (χ1) is 21.3. The first kappa shape index (κ1) is 31.4. The molecule has 1 unspecified atom stereocenters. The molecule has 2 atom stereocenters. The quantitative estimate of drug-likeness (QED) is 0.305. The van der Waals surface area contributed by atoms with Crippen LogP contribution in [0.2, 0.25) is 0 Å². The molecule has 4 aromatic rings. The summed E-state index contributed by atoms with van der Waals surface area (Å²) in [5.74, 6) is -1.34. The Morgan fingerprint density at radius 1 is 1.07 bits per heavy atom. The summed E-state index contributed by atoms with van der Waals surface area (Å²) in [6, 6.07) is 10.1. The van der Waals surface area contributed by atoms with E-state index in [1.807, 2.05) is 32.2 Å². The minimum atomic E-state index is -4.70. The van der Waals surface area contributed by atoms with E-state index in [9.17, 15) is 31.8 Å². The minimum Gasteiger partial charge on any atom is -0.368 e. The molecule has 11 nitrogen and oxygen atoms in total. The number of benzene rings is 1. The fourth-order valence-corrected chi connectivity index (χ4v) is 8.06. The minimum absolute atomic E-state index is 0.00882. The highest BCUT2D eigenvalue weighted by atomic mass is 32.2. The van der Waals surface area contributed by atoms with Crippen LogP contribution in [-0.2, 0) is 22.7 Å². The number of anilines is 1. The number of aryl methyl sites for hydroxylation is 2. The van der Waals surface area contributed by atoms with Crippen molar-refractivity contribution in [3.05, 3.63) is 82.4 Å². The number of halogens is 3. The normalized spacial score (nSPS) is 19.8. The number of nitrogens with zero attached hydrogens (tertiary/aromatic N) is 7. The Hall–Kier alpha value is -3.63. The Morgan fingerprint density at radius 2 is 1.84 bits per heavy atom. The molecule has 5 heterocycles. The zero-order valence-electron chi connectivity index (χ0n) is 25.0. The summed E-state index contributed by atoms with van der Waals surface area (Å²) in [5.41, 5.74) is 3.18. The molecular weight excluding hydrogens is 611 g/mol. The van der Waals surface area contributed by atoms with E-state index in [1.165, 1.54) is 16.6 Å². The molecule has 15 heteroatoms. The van der Waals surface area contributed by atoms with Crippen molar-refractivity contribution in [3.8, 4) is 0 Å². The summed E-state index contributed by atoms with van der Waals surface area (Å²) in [7, 11) is -1.93. The van der Waals surface area contributed by atoms with Crippen molar-refractivity contribution in [2.45, 2.75) is 56.1 Å². The van der Waals surface area contributed by atoms with Gasteiger partial charge in [0, 0.05) is 57.5 Å². The van der Waals surface area contributed by atoms with Gasteiger partial charge in [-0.05, 0) is 66.9 Å². The highest BCUT2D eigenvalue weighted by molar-refractivity contribution is 7.89. The molecule has 240 valence electrons. The van der Waals surface area contributed by atoms with Crippen LogP contribution >= 0.6 is 0 Å². The number of sulfonamides is 1. The average molecular weight is 646 g/mol. The molecule has 0 radical (unpaired) electrons.